The van der Waals surface area contributed by atoms with E-state index in [4.69, 9.17) is 4.74 Å². The second-order valence-electron chi connectivity index (χ2n) is 5.96. The zero-order valence-electron chi connectivity index (χ0n) is 15.4. The van der Waals surface area contributed by atoms with Gasteiger partial charge in [-0.1, -0.05) is 19.1 Å². The number of hydrogen-bond donors (Lipinski definition) is 2. The first-order valence-corrected chi connectivity index (χ1v) is 8.51. The highest BCUT2D eigenvalue weighted by Gasteiger charge is 2.13. The molecule has 0 radical (unpaired) electrons. The number of guanidine groups is 1. The van der Waals surface area contributed by atoms with Gasteiger partial charge in [-0.25, -0.2) is 4.98 Å². The van der Waals surface area contributed by atoms with E-state index in [0.717, 1.165) is 36.4 Å². The van der Waals surface area contributed by atoms with Crippen LogP contribution in [0.25, 0.3) is 11.0 Å². The van der Waals surface area contributed by atoms with Crippen molar-refractivity contribution in [2.45, 2.75) is 26.8 Å². The van der Waals surface area contributed by atoms with Crippen LogP contribution < -0.4 is 10.6 Å². The van der Waals surface area contributed by atoms with Crippen LogP contribution >= 0.6 is 0 Å². The summed E-state index contributed by atoms with van der Waals surface area (Å²) in [6.45, 7) is 5.99. The first-order chi connectivity index (χ1) is 12.1. The Balaban J connectivity index is 1.79. The molecule has 0 aliphatic heterocycles. The summed E-state index contributed by atoms with van der Waals surface area (Å²) in [6, 6.07) is 8.17. The molecule has 1 unspecified atom stereocenters. The number of carbonyl (C=O) groups excluding carboxylic acids is 1. The van der Waals surface area contributed by atoms with E-state index < -0.39 is 0 Å². The summed E-state index contributed by atoms with van der Waals surface area (Å²) in [5.74, 6) is 1.26. The molecule has 136 valence electrons. The third-order valence-electron chi connectivity index (χ3n) is 4.10. The molecule has 0 amide bonds. The largest absolute Gasteiger partial charge is 0.469 e. The minimum Gasteiger partial charge on any atom is -0.469 e. The van der Waals surface area contributed by atoms with Crippen LogP contribution in [0.4, 0.5) is 0 Å². The quantitative estimate of drug-likeness (QED) is 0.346. The SMILES string of the molecule is CN=C(NCCCn1c(C)nc2ccccc21)NCC(C)C(=O)OC. The first-order valence-electron chi connectivity index (χ1n) is 8.51. The standard InChI is InChI=1S/C18H27N5O2/c1-13(17(24)25-4)12-21-18(19-3)20-10-7-11-23-14(2)22-15-8-5-6-9-16(15)23/h5-6,8-9,13H,7,10-12H2,1-4H3,(H2,19,20,21). The molecule has 1 aromatic carbocycles. The summed E-state index contributed by atoms with van der Waals surface area (Å²) in [6.07, 6.45) is 0.939. The molecular formula is C18H27N5O2. The van der Waals surface area contributed by atoms with Crippen molar-refractivity contribution >= 4 is 23.0 Å². The number of esters is 1. The van der Waals surface area contributed by atoms with Gasteiger partial charge in [-0.15, -0.1) is 0 Å². The van der Waals surface area contributed by atoms with Crippen molar-refractivity contribution in [2.24, 2.45) is 10.9 Å². The molecule has 1 heterocycles. The Morgan fingerprint density at radius 1 is 1.36 bits per heavy atom. The maximum Gasteiger partial charge on any atom is 0.310 e. The lowest BCUT2D eigenvalue weighted by atomic mass is 10.2. The summed E-state index contributed by atoms with van der Waals surface area (Å²) in [5, 5.41) is 6.40. The Bertz CT molecular complexity index is 738. The van der Waals surface area contributed by atoms with E-state index in [-0.39, 0.29) is 11.9 Å². The fraction of sp³-hybridized carbons (Fsp3) is 0.500. The highest BCUT2D eigenvalue weighted by Crippen LogP contribution is 2.15. The number of benzene rings is 1. The molecule has 0 aliphatic rings. The molecule has 0 fully saturated rings. The third-order valence-corrected chi connectivity index (χ3v) is 4.10. The molecule has 0 spiro atoms. The van der Waals surface area contributed by atoms with Crippen LogP contribution in [0.2, 0.25) is 0 Å². The van der Waals surface area contributed by atoms with Gasteiger partial charge in [0.15, 0.2) is 5.96 Å². The van der Waals surface area contributed by atoms with Crippen LogP contribution in [0.5, 0.6) is 0 Å². The summed E-state index contributed by atoms with van der Waals surface area (Å²) < 4.78 is 6.94. The van der Waals surface area contributed by atoms with Gasteiger partial charge < -0.3 is 19.9 Å². The topological polar surface area (TPSA) is 80.5 Å². The van der Waals surface area contributed by atoms with Crippen molar-refractivity contribution in [3.05, 3.63) is 30.1 Å². The highest BCUT2D eigenvalue weighted by molar-refractivity contribution is 5.80. The van der Waals surface area contributed by atoms with Gasteiger partial charge in [0.1, 0.15) is 5.82 Å². The van der Waals surface area contributed by atoms with Crippen molar-refractivity contribution < 1.29 is 9.53 Å². The Kier molecular flexibility index (Phi) is 6.80. The molecule has 1 atom stereocenters. The number of aryl methyl sites for hydroxylation is 2. The van der Waals surface area contributed by atoms with Crippen molar-refractivity contribution in [1.29, 1.82) is 0 Å². The van der Waals surface area contributed by atoms with Gasteiger partial charge in [-0.05, 0) is 25.5 Å². The maximum absolute atomic E-state index is 11.4. The minimum atomic E-state index is -0.231. The number of carbonyl (C=O) groups is 1. The van der Waals surface area contributed by atoms with Crippen molar-refractivity contribution in [3.63, 3.8) is 0 Å². The number of imidazole rings is 1. The smallest absolute Gasteiger partial charge is 0.310 e. The minimum absolute atomic E-state index is 0.219. The molecule has 0 aliphatic carbocycles. The molecule has 1 aromatic heterocycles. The average Bonchev–Trinajstić information content (AvgIpc) is 2.95. The number of aliphatic imine (C=N–C) groups is 1. The summed E-state index contributed by atoms with van der Waals surface area (Å²) in [4.78, 5) is 20.2. The maximum atomic E-state index is 11.4. The molecule has 2 rings (SSSR count). The number of aromatic nitrogens is 2. The third kappa shape index (κ3) is 4.95. The number of ether oxygens (including phenoxy) is 1. The lowest BCUT2D eigenvalue weighted by Gasteiger charge is -2.15. The molecule has 2 aromatic rings. The Labute approximate surface area is 148 Å². The van der Waals surface area contributed by atoms with Crippen LogP contribution in [0, 0.1) is 12.8 Å². The van der Waals surface area contributed by atoms with Gasteiger partial charge in [-0.3, -0.25) is 9.79 Å². The molecule has 2 N–H and O–H groups in total. The Hall–Kier alpha value is -2.57. The van der Waals surface area contributed by atoms with E-state index in [1.807, 2.05) is 32.0 Å². The van der Waals surface area contributed by atoms with Gasteiger partial charge in [0, 0.05) is 26.7 Å². The van der Waals surface area contributed by atoms with Crippen molar-refractivity contribution in [2.75, 3.05) is 27.2 Å². The lowest BCUT2D eigenvalue weighted by molar-refractivity contribution is -0.144. The summed E-state index contributed by atoms with van der Waals surface area (Å²) in [5.41, 5.74) is 2.19. The molecule has 7 nitrogen and oxygen atoms in total. The molecular weight excluding hydrogens is 318 g/mol. The monoisotopic (exact) mass is 345 g/mol. The van der Waals surface area contributed by atoms with Crippen LogP contribution in [0.3, 0.4) is 0 Å². The predicted molar refractivity (Wildman–Crippen MR) is 99.6 cm³/mol. The van der Waals surface area contributed by atoms with Gasteiger partial charge in [0.2, 0.25) is 0 Å². The van der Waals surface area contributed by atoms with E-state index in [1.54, 1.807) is 7.05 Å². The highest BCUT2D eigenvalue weighted by atomic mass is 16.5. The van der Waals surface area contributed by atoms with Gasteiger partial charge in [-0.2, -0.15) is 0 Å². The average molecular weight is 345 g/mol. The Morgan fingerprint density at radius 3 is 2.84 bits per heavy atom. The molecule has 7 heteroatoms. The van der Waals surface area contributed by atoms with Crippen LogP contribution in [0.15, 0.2) is 29.3 Å². The van der Waals surface area contributed by atoms with E-state index in [0.29, 0.717) is 12.5 Å². The number of rotatable bonds is 7. The number of para-hydroxylation sites is 2. The van der Waals surface area contributed by atoms with Crippen LogP contribution in [-0.2, 0) is 16.1 Å². The molecule has 0 saturated carbocycles. The summed E-state index contributed by atoms with van der Waals surface area (Å²) in [7, 11) is 3.11. The second-order valence-corrected chi connectivity index (χ2v) is 5.96. The van der Waals surface area contributed by atoms with Crippen molar-refractivity contribution in [1.82, 2.24) is 20.2 Å². The summed E-state index contributed by atoms with van der Waals surface area (Å²) >= 11 is 0. The van der Waals surface area contributed by atoms with Gasteiger partial charge in [0.05, 0.1) is 24.1 Å². The Morgan fingerprint density at radius 2 is 2.12 bits per heavy atom. The zero-order valence-corrected chi connectivity index (χ0v) is 15.4. The fourth-order valence-electron chi connectivity index (χ4n) is 2.68. The van der Waals surface area contributed by atoms with Crippen molar-refractivity contribution in [3.8, 4) is 0 Å². The number of nitrogens with one attached hydrogen (secondary N) is 2. The van der Waals surface area contributed by atoms with Gasteiger partial charge in [0.25, 0.3) is 0 Å². The number of nitrogens with zero attached hydrogens (tertiary/aromatic N) is 3. The number of hydrogen-bond acceptors (Lipinski definition) is 4. The number of fused-ring (bicyclic) bond motifs is 1. The van der Waals surface area contributed by atoms with Crippen LogP contribution in [0.1, 0.15) is 19.2 Å². The lowest BCUT2D eigenvalue weighted by Crippen LogP contribution is -2.41. The van der Waals surface area contributed by atoms with E-state index >= 15 is 0 Å². The van der Waals surface area contributed by atoms with Gasteiger partial charge >= 0.3 is 5.97 Å². The normalized spacial score (nSPS) is 12.9. The first kappa shape index (κ1) is 18.8. The fourth-order valence-corrected chi connectivity index (χ4v) is 2.68. The van der Waals surface area contributed by atoms with E-state index in [2.05, 4.69) is 31.2 Å². The molecule has 25 heavy (non-hydrogen) atoms. The second kappa shape index (κ2) is 9.05. The van der Waals surface area contributed by atoms with Crippen LogP contribution in [-0.4, -0.2) is 48.7 Å². The van der Waals surface area contributed by atoms with E-state index in [1.165, 1.54) is 7.11 Å². The molecule has 0 bridgehead atoms. The van der Waals surface area contributed by atoms with E-state index in [9.17, 15) is 4.79 Å². The zero-order chi connectivity index (χ0) is 18.2. The molecule has 0 saturated heterocycles. The number of methoxy groups -OCH3 is 1. The predicted octanol–water partition coefficient (Wildman–Crippen LogP) is 1.71.